The minimum Gasteiger partial charge on any atom is -0.477 e. The molecule has 15 nitrogen and oxygen atoms in total. The summed E-state index contributed by atoms with van der Waals surface area (Å²) in [6.45, 7) is 0. The molecule has 2 saturated heterocycles. The molecule has 2 fully saturated rings. The Labute approximate surface area is 219 Å². The van der Waals surface area contributed by atoms with E-state index in [9.17, 15) is 29.1 Å². The molecule has 1 aromatic rings. The Balaban J connectivity index is 1.49. The van der Waals surface area contributed by atoms with Gasteiger partial charge in [-0.05, 0) is 16.0 Å². The molecule has 3 aliphatic heterocycles. The van der Waals surface area contributed by atoms with Gasteiger partial charge in [-0.1, -0.05) is 35.3 Å². The Morgan fingerprint density at radius 1 is 1.31 bits per heavy atom. The lowest BCUT2D eigenvalue weighted by atomic mass is 9.98. The van der Waals surface area contributed by atoms with Crippen molar-refractivity contribution in [3.05, 3.63) is 21.1 Å². The van der Waals surface area contributed by atoms with Gasteiger partial charge >= 0.3 is 11.9 Å². The predicted molar refractivity (Wildman–Crippen MR) is 128 cm³/mol. The number of β-lactam (4-membered cyclic amide) rings is 1. The van der Waals surface area contributed by atoms with Gasteiger partial charge in [-0.2, -0.15) is 0 Å². The van der Waals surface area contributed by atoms with Gasteiger partial charge < -0.3 is 26.0 Å². The third kappa shape index (κ3) is 4.33. The molecule has 36 heavy (non-hydrogen) atoms. The van der Waals surface area contributed by atoms with Crippen molar-refractivity contribution in [2.45, 2.75) is 20.8 Å². The van der Waals surface area contributed by atoms with E-state index in [1.54, 1.807) is 7.05 Å². The zero-order valence-electron chi connectivity index (χ0n) is 18.4. The second kappa shape index (κ2) is 9.96. The summed E-state index contributed by atoms with van der Waals surface area (Å²) in [6.07, 6.45) is 0. The number of aliphatic carboxylic acids is 2. The van der Waals surface area contributed by atoms with Crippen LogP contribution >= 0.6 is 47.0 Å². The number of ether oxygens (including phenoxy) is 1. The molecule has 192 valence electrons. The normalized spacial score (nSPS) is 25.0. The number of thioether (sulfide) groups is 4. The van der Waals surface area contributed by atoms with Gasteiger partial charge in [-0.25, -0.2) is 14.3 Å². The van der Waals surface area contributed by atoms with Crippen LogP contribution in [0.4, 0.5) is 0 Å². The number of primary amides is 1. The Bertz CT molecular complexity index is 1230. The average Bonchev–Trinajstić information content (AvgIpc) is 3.20. The van der Waals surface area contributed by atoms with Gasteiger partial charge in [0.05, 0.1) is 4.24 Å². The minimum atomic E-state index is -1.81. The van der Waals surface area contributed by atoms with Gasteiger partial charge in [0.15, 0.2) is 0 Å². The van der Waals surface area contributed by atoms with E-state index in [-0.39, 0.29) is 21.4 Å². The number of carbonyl (C=O) groups excluding carboxylic acids is 3. The first kappa shape index (κ1) is 26.3. The van der Waals surface area contributed by atoms with Crippen LogP contribution in [0.3, 0.4) is 0 Å². The zero-order chi connectivity index (χ0) is 26.4. The Hall–Kier alpha value is -2.74. The molecule has 1 unspecified atom stereocenters. The number of tetrazole rings is 1. The van der Waals surface area contributed by atoms with Crippen LogP contribution in [0.2, 0.25) is 0 Å². The summed E-state index contributed by atoms with van der Waals surface area (Å²) >= 11 is 4.06. The first-order valence-electron chi connectivity index (χ1n) is 9.75. The summed E-state index contributed by atoms with van der Waals surface area (Å²) in [7, 11) is 2.86. The number of aryl methyl sites for hydroxylation is 1. The van der Waals surface area contributed by atoms with E-state index >= 15 is 0 Å². The van der Waals surface area contributed by atoms with Crippen LogP contribution in [0.1, 0.15) is 0 Å². The van der Waals surface area contributed by atoms with Gasteiger partial charge in [-0.3, -0.25) is 19.3 Å². The van der Waals surface area contributed by atoms with E-state index in [1.807, 2.05) is 0 Å². The lowest BCUT2D eigenvalue weighted by Gasteiger charge is -2.56. The highest BCUT2D eigenvalue weighted by Crippen LogP contribution is 2.53. The fraction of sp³-hybridized carbons (Fsp3) is 0.412. The molecule has 0 radical (unpaired) electrons. The van der Waals surface area contributed by atoms with E-state index < -0.39 is 50.9 Å². The number of methoxy groups -OCH3 is 1. The first-order chi connectivity index (χ1) is 17.0. The molecule has 3 aliphatic rings. The van der Waals surface area contributed by atoms with Crippen molar-refractivity contribution in [3.8, 4) is 0 Å². The summed E-state index contributed by atoms with van der Waals surface area (Å²) in [4.78, 5) is 61.7. The molecule has 19 heteroatoms. The van der Waals surface area contributed by atoms with Crippen LogP contribution in [-0.4, -0.2) is 99.3 Å². The standard InChI is InChI=1S/C17H17N7O8S4/c1-23-16(20-21-22-23)34-4-5-3-33-15-17(32-2,14(31)24(15)7(5)11(29)30)19-9(26)13-35-12(36-13)6(8(18)25)10(27)28/h13,15H,3-4H2,1-2H3,(H2,18,25)(H,19,26)(H,27,28)(H,29,30)/t13?,15?,17-/m1/s1. The molecule has 0 bridgehead atoms. The third-order valence-electron chi connectivity index (χ3n) is 5.21. The maximum Gasteiger partial charge on any atom is 0.352 e. The molecular weight excluding hydrogens is 558 g/mol. The van der Waals surface area contributed by atoms with Crippen LogP contribution in [0.5, 0.6) is 0 Å². The van der Waals surface area contributed by atoms with E-state index in [2.05, 4.69) is 20.8 Å². The van der Waals surface area contributed by atoms with Crippen LogP contribution in [0, 0.1) is 0 Å². The van der Waals surface area contributed by atoms with E-state index in [0.717, 1.165) is 28.4 Å². The number of hydrogen-bond acceptors (Lipinski definition) is 13. The van der Waals surface area contributed by atoms with E-state index in [1.165, 1.54) is 35.3 Å². The topological polar surface area (TPSA) is 220 Å². The monoisotopic (exact) mass is 575 g/mol. The van der Waals surface area contributed by atoms with Crippen molar-refractivity contribution >= 4 is 76.7 Å². The Kier molecular flexibility index (Phi) is 7.28. The number of rotatable bonds is 9. The van der Waals surface area contributed by atoms with Gasteiger partial charge in [0.2, 0.25) is 11.1 Å². The molecule has 1 aromatic heterocycles. The molecule has 0 spiro atoms. The summed E-state index contributed by atoms with van der Waals surface area (Å²) in [5.41, 5.74) is 2.93. The lowest BCUT2D eigenvalue weighted by Crippen LogP contribution is -2.81. The van der Waals surface area contributed by atoms with Crippen molar-refractivity contribution < 1.29 is 38.9 Å². The third-order valence-corrected chi connectivity index (χ3v) is 10.5. The molecular formula is C17H17N7O8S4. The molecule has 4 rings (SSSR count). The van der Waals surface area contributed by atoms with Gasteiger partial charge in [0, 0.05) is 25.7 Å². The summed E-state index contributed by atoms with van der Waals surface area (Å²) in [6, 6.07) is 0. The second-order valence-corrected chi connectivity index (χ2v) is 12.1. The molecule has 0 aromatic carbocycles. The fourth-order valence-corrected chi connectivity index (χ4v) is 8.16. The van der Waals surface area contributed by atoms with Crippen LogP contribution in [0.15, 0.2) is 26.2 Å². The summed E-state index contributed by atoms with van der Waals surface area (Å²) < 4.78 is 6.05. The summed E-state index contributed by atoms with van der Waals surface area (Å²) in [5.74, 6) is -4.89. The summed E-state index contributed by atoms with van der Waals surface area (Å²) in [5, 5.41) is 32.2. The van der Waals surface area contributed by atoms with E-state index in [0.29, 0.717) is 10.7 Å². The van der Waals surface area contributed by atoms with Gasteiger partial charge in [0.1, 0.15) is 21.2 Å². The molecule has 5 N–H and O–H groups in total. The van der Waals surface area contributed by atoms with Crippen molar-refractivity contribution in [2.75, 3.05) is 18.6 Å². The smallest absolute Gasteiger partial charge is 0.352 e. The first-order valence-corrected chi connectivity index (χ1v) is 13.5. The van der Waals surface area contributed by atoms with Crippen molar-refractivity contribution in [1.29, 1.82) is 0 Å². The average molecular weight is 576 g/mol. The number of aromatic nitrogens is 4. The molecule has 2 atom stereocenters. The second-order valence-electron chi connectivity index (χ2n) is 7.30. The Morgan fingerprint density at radius 3 is 2.53 bits per heavy atom. The van der Waals surface area contributed by atoms with Crippen LogP contribution in [0.25, 0.3) is 0 Å². The fourth-order valence-electron chi connectivity index (χ4n) is 3.51. The van der Waals surface area contributed by atoms with Crippen molar-refractivity contribution in [1.82, 2.24) is 30.4 Å². The maximum absolute atomic E-state index is 13.2. The highest BCUT2D eigenvalue weighted by atomic mass is 32.3. The number of fused-ring (bicyclic) bond motifs is 1. The van der Waals surface area contributed by atoms with Crippen molar-refractivity contribution in [2.24, 2.45) is 12.8 Å². The van der Waals surface area contributed by atoms with Crippen LogP contribution in [-0.2, 0) is 35.8 Å². The zero-order valence-corrected chi connectivity index (χ0v) is 21.6. The number of amides is 3. The highest BCUT2D eigenvalue weighted by Gasteiger charge is 2.67. The Morgan fingerprint density at radius 2 is 2.00 bits per heavy atom. The molecule has 0 saturated carbocycles. The van der Waals surface area contributed by atoms with Crippen LogP contribution < -0.4 is 11.1 Å². The minimum absolute atomic E-state index is 0.0755. The number of nitrogens with one attached hydrogen (secondary N) is 1. The molecule has 0 aliphatic carbocycles. The number of carboxylic acids is 2. The number of carbonyl (C=O) groups is 5. The number of nitrogens with two attached hydrogens (primary N) is 1. The predicted octanol–water partition coefficient (Wildman–Crippen LogP) is -1.40. The lowest BCUT2D eigenvalue weighted by molar-refractivity contribution is -0.192. The number of nitrogens with zero attached hydrogens (tertiary/aromatic N) is 5. The maximum atomic E-state index is 13.2. The number of hydrogen-bond donors (Lipinski definition) is 4. The quantitative estimate of drug-likeness (QED) is 0.0664. The largest absolute Gasteiger partial charge is 0.477 e. The highest BCUT2D eigenvalue weighted by molar-refractivity contribution is 8.39. The van der Waals surface area contributed by atoms with Gasteiger partial charge in [0.25, 0.3) is 17.5 Å². The van der Waals surface area contributed by atoms with Crippen molar-refractivity contribution in [3.63, 3.8) is 0 Å². The SMILES string of the molecule is CO[C@]1(NC(=O)C2SC(=C(C(N)=O)C(=O)O)S2)C(=O)N2C(C(=O)O)=C(CSc3nnnn3C)CSC21. The molecule has 4 heterocycles. The number of carboxylic acid groups (broad SMARTS) is 2. The van der Waals surface area contributed by atoms with Gasteiger partial charge in [-0.15, -0.1) is 16.9 Å². The molecule has 3 amide bonds. The van der Waals surface area contributed by atoms with E-state index in [4.69, 9.17) is 15.6 Å².